The average molecular weight is 437 g/mol. The van der Waals surface area contributed by atoms with E-state index in [-0.39, 0.29) is 5.82 Å². The highest BCUT2D eigenvalue weighted by atomic mass is 19.1. The van der Waals surface area contributed by atoms with Crippen molar-refractivity contribution in [2.75, 3.05) is 0 Å². The first-order valence-electron chi connectivity index (χ1n) is 13.7. The van der Waals surface area contributed by atoms with Gasteiger partial charge < -0.3 is 0 Å². The predicted molar refractivity (Wildman–Crippen MR) is 135 cm³/mol. The number of benzene rings is 1. The quantitative estimate of drug-likeness (QED) is 0.356. The summed E-state index contributed by atoms with van der Waals surface area (Å²) in [5.41, 5.74) is 2.14. The standard InChI is InChI=1S/C31H45F/c1-3-5-7-9-24-12-19-30(31(32)20-24)29-18-17-27-21-26(15-16-28(27)22-29)25-13-10-23(11-14-25)8-6-4-2/h3-5,12,19-20,23,25-29H,2,6-11,13-18,21-22H2,1H3/b5-3+. The van der Waals surface area contributed by atoms with Gasteiger partial charge in [0.2, 0.25) is 0 Å². The lowest BCUT2D eigenvalue weighted by atomic mass is 9.60. The van der Waals surface area contributed by atoms with Gasteiger partial charge >= 0.3 is 0 Å². The zero-order chi connectivity index (χ0) is 22.3. The fraction of sp³-hybridized carbons (Fsp3) is 0.677. The van der Waals surface area contributed by atoms with E-state index < -0.39 is 0 Å². The van der Waals surface area contributed by atoms with Gasteiger partial charge in [-0.2, -0.15) is 0 Å². The van der Waals surface area contributed by atoms with Gasteiger partial charge in [-0.25, -0.2) is 4.39 Å². The van der Waals surface area contributed by atoms with E-state index >= 15 is 0 Å². The Balaban J connectivity index is 1.27. The molecular weight excluding hydrogens is 391 g/mol. The van der Waals surface area contributed by atoms with E-state index in [1.54, 1.807) is 0 Å². The van der Waals surface area contributed by atoms with Crippen LogP contribution in [0.5, 0.6) is 0 Å². The van der Waals surface area contributed by atoms with Crippen LogP contribution in [0.15, 0.2) is 43.0 Å². The van der Waals surface area contributed by atoms with Crippen LogP contribution in [-0.4, -0.2) is 0 Å². The molecule has 1 aromatic carbocycles. The van der Waals surface area contributed by atoms with Gasteiger partial charge in [-0.1, -0.05) is 43.2 Å². The Hall–Kier alpha value is -1.37. The van der Waals surface area contributed by atoms with E-state index in [1.165, 1.54) is 77.0 Å². The number of rotatable bonds is 8. The Morgan fingerprint density at radius 2 is 1.56 bits per heavy atom. The molecule has 0 N–H and O–H groups in total. The normalized spacial score (nSPS) is 33.2. The molecule has 4 rings (SSSR count). The summed E-state index contributed by atoms with van der Waals surface area (Å²) in [6.45, 7) is 5.94. The highest BCUT2D eigenvalue weighted by Gasteiger charge is 2.39. The largest absolute Gasteiger partial charge is 0.207 e. The number of hydrogen-bond acceptors (Lipinski definition) is 0. The van der Waals surface area contributed by atoms with Crippen LogP contribution in [0.25, 0.3) is 0 Å². The molecule has 0 saturated heterocycles. The van der Waals surface area contributed by atoms with Crippen LogP contribution in [-0.2, 0) is 6.42 Å². The van der Waals surface area contributed by atoms with Crippen LogP contribution in [0.3, 0.4) is 0 Å². The van der Waals surface area contributed by atoms with E-state index in [0.717, 1.165) is 53.6 Å². The maximum atomic E-state index is 15.0. The molecule has 1 aromatic rings. The lowest BCUT2D eigenvalue weighted by molar-refractivity contribution is 0.0709. The molecule has 32 heavy (non-hydrogen) atoms. The molecule has 0 nitrogen and oxygen atoms in total. The first-order valence-corrected chi connectivity index (χ1v) is 13.7. The van der Waals surface area contributed by atoms with Gasteiger partial charge in [0.05, 0.1) is 0 Å². The van der Waals surface area contributed by atoms with Crippen LogP contribution < -0.4 is 0 Å². The van der Waals surface area contributed by atoms with Crippen molar-refractivity contribution in [2.24, 2.45) is 29.6 Å². The molecule has 3 aliphatic carbocycles. The van der Waals surface area contributed by atoms with Gasteiger partial charge in [0.25, 0.3) is 0 Å². The minimum Gasteiger partial charge on any atom is -0.207 e. The minimum absolute atomic E-state index is 0.0494. The van der Waals surface area contributed by atoms with Crippen molar-refractivity contribution in [1.29, 1.82) is 0 Å². The summed E-state index contributed by atoms with van der Waals surface area (Å²) in [6.07, 6.45) is 24.7. The molecule has 1 heteroatoms. The molecule has 0 aliphatic heterocycles. The molecule has 4 atom stereocenters. The Morgan fingerprint density at radius 3 is 2.28 bits per heavy atom. The molecular formula is C31H45F. The first-order chi connectivity index (χ1) is 15.7. The average Bonchev–Trinajstić information content (AvgIpc) is 2.83. The van der Waals surface area contributed by atoms with Crippen molar-refractivity contribution in [1.82, 2.24) is 0 Å². The van der Waals surface area contributed by atoms with Crippen molar-refractivity contribution in [3.63, 3.8) is 0 Å². The third-order valence-corrected chi connectivity index (χ3v) is 9.33. The zero-order valence-corrected chi connectivity index (χ0v) is 20.4. The van der Waals surface area contributed by atoms with Crippen molar-refractivity contribution in [2.45, 2.75) is 103 Å². The molecule has 3 saturated carbocycles. The maximum Gasteiger partial charge on any atom is 0.126 e. The lowest BCUT2D eigenvalue weighted by Gasteiger charge is -2.45. The van der Waals surface area contributed by atoms with Crippen molar-refractivity contribution >= 4 is 0 Å². The van der Waals surface area contributed by atoms with Gasteiger partial charge in [0.15, 0.2) is 0 Å². The van der Waals surface area contributed by atoms with Crippen molar-refractivity contribution in [3.8, 4) is 0 Å². The lowest BCUT2D eigenvalue weighted by Crippen LogP contribution is -2.34. The van der Waals surface area contributed by atoms with Crippen LogP contribution >= 0.6 is 0 Å². The molecule has 3 fully saturated rings. The summed E-state index contributed by atoms with van der Waals surface area (Å²) in [7, 11) is 0. The number of allylic oxidation sites excluding steroid dienone is 3. The maximum absolute atomic E-state index is 15.0. The van der Waals surface area contributed by atoms with Gasteiger partial charge in [-0.15, -0.1) is 6.58 Å². The summed E-state index contributed by atoms with van der Waals surface area (Å²) < 4.78 is 15.0. The van der Waals surface area contributed by atoms with Crippen LogP contribution in [0.4, 0.5) is 4.39 Å². The first kappa shape index (κ1) is 23.8. The fourth-order valence-corrected chi connectivity index (χ4v) is 7.41. The molecule has 0 aromatic heterocycles. The van der Waals surface area contributed by atoms with E-state index in [9.17, 15) is 4.39 Å². The molecule has 3 aliphatic rings. The van der Waals surface area contributed by atoms with Crippen molar-refractivity contribution < 1.29 is 4.39 Å². The monoisotopic (exact) mass is 436 g/mol. The van der Waals surface area contributed by atoms with Crippen LogP contribution in [0.1, 0.15) is 107 Å². The topological polar surface area (TPSA) is 0 Å². The van der Waals surface area contributed by atoms with Gasteiger partial charge in [0, 0.05) is 0 Å². The van der Waals surface area contributed by atoms with E-state index in [2.05, 4.69) is 36.9 Å². The SMILES string of the molecule is C=CCCC1CCC(C2CCC3CC(c4ccc(CC/C=C/C)cc4F)CCC3C2)CC1. The second kappa shape index (κ2) is 11.7. The number of fused-ring (bicyclic) bond motifs is 1. The number of aryl methyl sites for hydroxylation is 1. The smallest absolute Gasteiger partial charge is 0.126 e. The molecule has 4 unspecified atom stereocenters. The predicted octanol–water partition coefficient (Wildman–Crippen LogP) is 9.41. The van der Waals surface area contributed by atoms with Crippen molar-refractivity contribution in [3.05, 3.63) is 60.0 Å². The summed E-state index contributed by atoms with van der Waals surface area (Å²) in [5, 5.41) is 0. The van der Waals surface area contributed by atoms with Crippen LogP contribution in [0, 0.1) is 35.4 Å². The highest BCUT2D eigenvalue weighted by Crippen LogP contribution is 2.51. The number of halogens is 1. The molecule has 0 bridgehead atoms. The Kier molecular flexibility index (Phi) is 8.67. The second-order valence-corrected chi connectivity index (χ2v) is 11.2. The third kappa shape index (κ3) is 5.95. The number of hydrogen-bond donors (Lipinski definition) is 0. The molecule has 0 amide bonds. The van der Waals surface area contributed by atoms with Gasteiger partial charge in [-0.05, 0) is 137 Å². The second-order valence-electron chi connectivity index (χ2n) is 11.2. The highest BCUT2D eigenvalue weighted by molar-refractivity contribution is 5.28. The summed E-state index contributed by atoms with van der Waals surface area (Å²) in [4.78, 5) is 0. The third-order valence-electron chi connectivity index (χ3n) is 9.33. The molecule has 176 valence electrons. The Labute approximate surface area is 196 Å². The summed E-state index contributed by atoms with van der Waals surface area (Å²) in [6, 6.07) is 6.10. The van der Waals surface area contributed by atoms with Gasteiger partial charge in [0.1, 0.15) is 5.82 Å². The molecule has 0 spiro atoms. The Bertz CT molecular complexity index is 754. The Morgan fingerprint density at radius 1 is 0.875 bits per heavy atom. The van der Waals surface area contributed by atoms with E-state index in [1.807, 2.05) is 13.0 Å². The minimum atomic E-state index is 0.0494. The van der Waals surface area contributed by atoms with E-state index in [0.29, 0.717) is 5.92 Å². The zero-order valence-electron chi connectivity index (χ0n) is 20.4. The van der Waals surface area contributed by atoms with Gasteiger partial charge in [-0.3, -0.25) is 0 Å². The molecule has 0 radical (unpaired) electrons. The summed E-state index contributed by atoms with van der Waals surface area (Å²) in [5.74, 6) is 5.16. The summed E-state index contributed by atoms with van der Waals surface area (Å²) >= 11 is 0. The molecule has 0 heterocycles. The fourth-order valence-electron chi connectivity index (χ4n) is 7.41. The van der Waals surface area contributed by atoms with E-state index in [4.69, 9.17) is 0 Å². The van der Waals surface area contributed by atoms with Crippen LogP contribution in [0.2, 0.25) is 0 Å².